The minimum atomic E-state index is -0.626. The number of hydrogen-bond acceptors (Lipinski definition) is 3. The van der Waals surface area contributed by atoms with Crippen LogP contribution in [0.25, 0.3) is 0 Å². The zero-order chi connectivity index (χ0) is 23.3. The predicted molar refractivity (Wildman–Crippen MR) is 130 cm³/mol. The Kier molecular flexibility index (Phi) is 10.1. The molecule has 3 rings (SSSR count). The van der Waals surface area contributed by atoms with Crippen LogP contribution < -0.4 is 4.74 Å². The summed E-state index contributed by atoms with van der Waals surface area (Å²) in [6.07, 6.45) is 0.741. The molecule has 1 heterocycles. The Morgan fingerprint density at radius 1 is 0.939 bits per heavy atom. The Hall–Kier alpha value is -2.18. The van der Waals surface area contributed by atoms with E-state index in [1.807, 2.05) is 11.0 Å². The van der Waals surface area contributed by atoms with Crippen molar-refractivity contribution in [2.24, 2.45) is 11.8 Å². The molecule has 0 unspecified atom stereocenters. The van der Waals surface area contributed by atoms with Gasteiger partial charge in [0.2, 0.25) is 0 Å². The maximum Gasteiger partial charge on any atom is 0.253 e. The van der Waals surface area contributed by atoms with E-state index in [1.54, 1.807) is 12.1 Å². The van der Waals surface area contributed by atoms with E-state index in [-0.39, 0.29) is 24.9 Å². The van der Waals surface area contributed by atoms with E-state index in [2.05, 4.69) is 32.6 Å². The van der Waals surface area contributed by atoms with Crippen LogP contribution in [0.1, 0.15) is 49.2 Å². The highest BCUT2D eigenvalue weighted by molar-refractivity contribution is 5.94. The summed E-state index contributed by atoms with van der Waals surface area (Å²) in [5.74, 6) is 0.408. The summed E-state index contributed by atoms with van der Waals surface area (Å²) in [5.41, 5.74) is 1.87. The highest BCUT2D eigenvalue weighted by Crippen LogP contribution is 2.26. The van der Waals surface area contributed by atoms with Crippen molar-refractivity contribution in [3.05, 3.63) is 64.7 Å². The molecule has 1 amide bonds. The van der Waals surface area contributed by atoms with Gasteiger partial charge >= 0.3 is 0 Å². The molecule has 1 aliphatic heterocycles. The SMILES string of the molecule is CC(C)Cc1cc(C(=O)N2CCN(CC(C)C)CC2)ccc1OCc1ccc(F)cc1F.Cl. The fourth-order valence-electron chi connectivity index (χ4n) is 4.08. The van der Waals surface area contributed by atoms with Crippen LogP contribution in [0.3, 0.4) is 0 Å². The second-order valence-corrected chi connectivity index (χ2v) is 9.43. The molecule has 0 saturated carbocycles. The van der Waals surface area contributed by atoms with E-state index in [1.165, 1.54) is 12.1 Å². The van der Waals surface area contributed by atoms with E-state index in [9.17, 15) is 13.6 Å². The fourth-order valence-corrected chi connectivity index (χ4v) is 4.08. The molecular weight excluding hydrogens is 446 g/mol. The fraction of sp³-hybridized carbons (Fsp3) is 0.500. The molecule has 0 aliphatic carbocycles. The average molecular weight is 481 g/mol. The summed E-state index contributed by atoms with van der Waals surface area (Å²) < 4.78 is 33.0. The summed E-state index contributed by atoms with van der Waals surface area (Å²) >= 11 is 0. The topological polar surface area (TPSA) is 32.8 Å². The molecule has 1 saturated heterocycles. The first-order valence-electron chi connectivity index (χ1n) is 11.4. The van der Waals surface area contributed by atoms with Crippen molar-refractivity contribution in [3.63, 3.8) is 0 Å². The van der Waals surface area contributed by atoms with Crippen LogP contribution in [-0.4, -0.2) is 48.4 Å². The third kappa shape index (κ3) is 7.68. The molecule has 0 atom stereocenters. The third-order valence-corrected chi connectivity index (χ3v) is 5.62. The highest BCUT2D eigenvalue weighted by Gasteiger charge is 2.23. The number of nitrogens with zero attached hydrogens (tertiary/aromatic N) is 2. The monoisotopic (exact) mass is 480 g/mol. The lowest BCUT2D eigenvalue weighted by atomic mass is 9.99. The van der Waals surface area contributed by atoms with Crippen LogP contribution in [0, 0.1) is 23.5 Å². The predicted octanol–water partition coefficient (Wildman–Crippen LogP) is 5.58. The largest absolute Gasteiger partial charge is 0.489 e. The molecule has 7 heteroatoms. The van der Waals surface area contributed by atoms with Crippen LogP contribution in [-0.2, 0) is 13.0 Å². The van der Waals surface area contributed by atoms with Crippen LogP contribution >= 0.6 is 12.4 Å². The lowest BCUT2D eigenvalue weighted by Crippen LogP contribution is -2.49. The zero-order valence-corrected chi connectivity index (χ0v) is 20.8. The van der Waals surface area contributed by atoms with Crippen molar-refractivity contribution in [1.29, 1.82) is 0 Å². The molecule has 2 aromatic rings. The first kappa shape index (κ1) is 27.1. The van der Waals surface area contributed by atoms with Gasteiger partial charge in [-0.3, -0.25) is 9.69 Å². The molecule has 0 radical (unpaired) electrons. The first-order valence-corrected chi connectivity index (χ1v) is 11.4. The van der Waals surface area contributed by atoms with Gasteiger partial charge in [0.05, 0.1) is 0 Å². The summed E-state index contributed by atoms with van der Waals surface area (Å²) in [6, 6.07) is 8.95. The van der Waals surface area contributed by atoms with Crippen molar-refractivity contribution in [1.82, 2.24) is 9.80 Å². The van der Waals surface area contributed by atoms with E-state index in [4.69, 9.17) is 4.74 Å². The quantitative estimate of drug-likeness (QED) is 0.494. The summed E-state index contributed by atoms with van der Waals surface area (Å²) in [7, 11) is 0. The van der Waals surface area contributed by atoms with Gasteiger partial charge in [0.1, 0.15) is 24.0 Å². The van der Waals surface area contributed by atoms with E-state index in [0.29, 0.717) is 28.7 Å². The molecule has 4 nitrogen and oxygen atoms in total. The van der Waals surface area contributed by atoms with E-state index < -0.39 is 11.6 Å². The molecular formula is C26H35ClF2N2O2. The molecule has 0 aromatic heterocycles. The third-order valence-electron chi connectivity index (χ3n) is 5.62. The molecule has 0 spiro atoms. The van der Waals surface area contributed by atoms with E-state index in [0.717, 1.165) is 50.8 Å². The highest BCUT2D eigenvalue weighted by atomic mass is 35.5. The van der Waals surface area contributed by atoms with Crippen molar-refractivity contribution >= 4 is 18.3 Å². The van der Waals surface area contributed by atoms with Crippen LogP contribution in [0.15, 0.2) is 36.4 Å². The smallest absolute Gasteiger partial charge is 0.253 e. The Balaban J connectivity index is 0.00000385. The molecule has 1 aliphatic rings. The number of ether oxygens (including phenoxy) is 1. The van der Waals surface area contributed by atoms with Crippen molar-refractivity contribution in [2.75, 3.05) is 32.7 Å². The molecule has 1 fully saturated rings. The van der Waals surface area contributed by atoms with Crippen LogP contribution in [0.2, 0.25) is 0 Å². The van der Waals surface area contributed by atoms with Gasteiger partial charge in [0.25, 0.3) is 5.91 Å². The van der Waals surface area contributed by atoms with Crippen molar-refractivity contribution < 1.29 is 18.3 Å². The van der Waals surface area contributed by atoms with Gasteiger partial charge in [-0.15, -0.1) is 12.4 Å². The van der Waals surface area contributed by atoms with Gasteiger partial charge in [-0.2, -0.15) is 0 Å². The average Bonchev–Trinajstić information content (AvgIpc) is 2.73. The zero-order valence-electron chi connectivity index (χ0n) is 19.9. The van der Waals surface area contributed by atoms with Gasteiger partial charge in [-0.25, -0.2) is 8.78 Å². The number of halogens is 3. The van der Waals surface area contributed by atoms with Gasteiger partial charge in [-0.05, 0) is 54.2 Å². The Morgan fingerprint density at radius 3 is 2.24 bits per heavy atom. The lowest BCUT2D eigenvalue weighted by Gasteiger charge is -2.35. The Bertz CT molecular complexity index is 929. The number of rotatable bonds is 8. The number of amides is 1. The molecule has 0 N–H and O–H groups in total. The van der Waals surface area contributed by atoms with Crippen LogP contribution in [0.4, 0.5) is 8.78 Å². The maximum absolute atomic E-state index is 14.0. The molecule has 33 heavy (non-hydrogen) atoms. The van der Waals surface area contributed by atoms with Gasteiger partial charge in [0, 0.05) is 49.9 Å². The van der Waals surface area contributed by atoms with Crippen molar-refractivity contribution in [2.45, 2.75) is 40.7 Å². The van der Waals surface area contributed by atoms with Gasteiger partial charge < -0.3 is 9.64 Å². The summed E-state index contributed by atoms with van der Waals surface area (Å²) in [5, 5.41) is 0. The molecule has 2 aromatic carbocycles. The molecule has 182 valence electrons. The number of benzene rings is 2. The van der Waals surface area contributed by atoms with Crippen LogP contribution in [0.5, 0.6) is 5.75 Å². The second-order valence-electron chi connectivity index (χ2n) is 9.43. The first-order chi connectivity index (χ1) is 15.2. The number of hydrogen-bond donors (Lipinski definition) is 0. The Labute approximate surface area is 202 Å². The standard InChI is InChI=1S/C26H34F2N2O2.ClH/c1-18(2)13-22-14-20(26(31)30-11-9-29(10-12-30)16-19(3)4)6-8-25(22)32-17-21-5-7-23(27)15-24(21)28;/h5-8,14-15,18-19H,9-13,16-17H2,1-4H3;1H. The lowest BCUT2D eigenvalue weighted by molar-refractivity contribution is 0.0623. The van der Waals surface area contributed by atoms with Gasteiger partial charge in [0.15, 0.2) is 0 Å². The number of carbonyl (C=O) groups is 1. The Morgan fingerprint density at radius 2 is 1.64 bits per heavy atom. The number of piperazine rings is 1. The molecule has 0 bridgehead atoms. The summed E-state index contributed by atoms with van der Waals surface area (Å²) in [6.45, 7) is 12.9. The van der Waals surface area contributed by atoms with Gasteiger partial charge in [-0.1, -0.05) is 27.7 Å². The van der Waals surface area contributed by atoms with E-state index >= 15 is 0 Å². The summed E-state index contributed by atoms with van der Waals surface area (Å²) in [4.78, 5) is 17.4. The number of carbonyl (C=O) groups excluding carboxylic acids is 1. The minimum Gasteiger partial charge on any atom is -0.489 e. The maximum atomic E-state index is 14.0. The minimum absolute atomic E-state index is 0. The van der Waals surface area contributed by atoms with Crippen molar-refractivity contribution in [3.8, 4) is 5.75 Å². The second kappa shape index (κ2) is 12.3. The normalized spacial score (nSPS) is 14.5.